The molecule has 0 amide bonds. The van der Waals surface area contributed by atoms with Gasteiger partial charge in [0, 0.05) is 13.1 Å². The van der Waals surface area contributed by atoms with Crippen molar-refractivity contribution in [1.29, 1.82) is 0 Å². The number of aryl methyl sites for hydroxylation is 1. The molecule has 1 aromatic carbocycles. The molecule has 0 fully saturated rings. The number of amidine groups is 1. The molecule has 0 heterocycles. The molecule has 0 bridgehead atoms. The molecule has 0 saturated heterocycles. The standard InChI is InChI=1S/C13H20N2O2S/c1-5-15(6-2)12(4)14-18(16,17)13-9-7-11(3)8-10-13/h7-10H,5-6H2,1-4H3/b14-12-. The zero-order valence-electron chi connectivity index (χ0n) is 11.3. The van der Waals surface area contributed by atoms with Gasteiger partial charge in [-0.15, -0.1) is 4.40 Å². The monoisotopic (exact) mass is 268 g/mol. The summed E-state index contributed by atoms with van der Waals surface area (Å²) >= 11 is 0. The van der Waals surface area contributed by atoms with Crippen molar-refractivity contribution in [3.63, 3.8) is 0 Å². The molecular weight excluding hydrogens is 248 g/mol. The molecule has 0 aliphatic heterocycles. The Hall–Kier alpha value is -1.36. The molecule has 0 N–H and O–H groups in total. The number of rotatable bonds is 4. The van der Waals surface area contributed by atoms with Crippen LogP contribution in [0, 0.1) is 6.92 Å². The number of nitrogens with zero attached hydrogens (tertiary/aromatic N) is 2. The number of sulfonamides is 1. The zero-order chi connectivity index (χ0) is 13.8. The summed E-state index contributed by atoms with van der Waals surface area (Å²) in [7, 11) is -3.60. The van der Waals surface area contributed by atoms with Crippen molar-refractivity contribution >= 4 is 15.9 Å². The van der Waals surface area contributed by atoms with Crippen LogP contribution in [0.5, 0.6) is 0 Å². The van der Waals surface area contributed by atoms with Crippen molar-refractivity contribution in [2.75, 3.05) is 13.1 Å². The van der Waals surface area contributed by atoms with Crippen molar-refractivity contribution in [3.8, 4) is 0 Å². The van der Waals surface area contributed by atoms with E-state index in [0.29, 0.717) is 5.84 Å². The highest BCUT2D eigenvalue weighted by Gasteiger charge is 2.14. The summed E-state index contributed by atoms with van der Waals surface area (Å²) in [5, 5.41) is 0. The third kappa shape index (κ3) is 3.57. The maximum atomic E-state index is 12.1. The van der Waals surface area contributed by atoms with Crippen LogP contribution in [-0.2, 0) is 10.0 Å². The summed E-state index contributed by atoms with van der Waals surface area (Å²) in [6, 6.07) is 6.72. The van der Waals surface area contributed by atoms with Gasteiger partial charge in [-0.3, -0.25) is 0 Å². The molecule has 0 aliphatic rings. The molecule has 4 nitrogen and oxygen atoms in total. The van der Waals surface area contributed by atoms with E-state index in [1.54, 1.807) is 31.2 Å². The van der Waals surface area contributed by atoms with Crippen LogP contribution in [0.15, 0.2) is 33.6 Å². The highest BCUT2D eigenvalue weighted by molar-refractivity contribution is 7.90. The first-order chi connectivity index (χ1) is 8.40. The molecule has 18 heavy (non-hydrogen) atoms. The van der Waals surface area contributed by atoms with E-state index in [-0.39, 0.29) is 4.90 Å². The SMILES string of the molecule is CCN(CC)/C(C)=N\S(=O)(=O)c1ccc(C)cc1. The molecule has 0 atom stereocenters. The summed E-state index contributed by atoms with van der Waals surface area (Å²) in [6.07, 6.45) is 0. The molecule has 0 aromatic heterocycles. The fourth-order valence-corrected chi connectivity index (χ4v) is 2.72. The number of hydrogen-bond donors (Lipinski definition) is 0. The van der Waals surface area contributed by atoms with Crippen LogP contribution in [0.2, 0.25) is 0 Å². The van der Waals surface area contributed by atoms with Gasteiger partial charge in [0.1, 0.15) is 5.84 Å². The Balaban J connectivity index is 3.08. The van der Waals surface area contributed by atoms with E-state index in [9.17, 15) is 8.42 Å². The highest BCUT2D eigenvalue weighted by Crippen LogP contribution is 2.13. The molecule has 0 saturated carbocycles. The van der Waals surface area contributed by atoms with Gasteiger partial charge in [-0.05, 0) is 39.8 Å². The van der Waals surface area contributed by atoms with Crippen molar-refractivity contribution in [2.24, 2.45) is 4.40 Å². The van der Waals surface area contributed by atoms with E-state index < -0.39 is 10.0 Å². The second kappa shape index (κ2) is 6.00. The van der Waals surface area contributed by atoms with Crippen LogP contribution in [0.3, 0.4) is 0 Å². The van der Waals surface area contributed by atoms with Gasteiger partial charge in [0.15, 0.2) is 0 Å². The first-order valence-corrected chi connectivity index (χ1v) is 7.48. The van der Waals surface area contributed by atoms with Gasteiger partial charge in [-0.1, -0.05) is 17.7 Å². The van der Waals surface area contributed by atoms with Crippen molar-refractivity contribution in [2.45, 2.75) is 32.6 Å². The summed E-state index contributed by atoms with van der Waals surface area (Å²) in [4.78, 5) is 2.14. The quantitative estimate of drug-likeness (QED) is 0.622. The van der Waals surface area contributed by atoms with Gasteiger partial charge >= 0.3 is 0 Å². The largest absolute Gasteiger partial charge is 0.360 e. The average molecular weight is 268 g/mol. The van der Waals surface area contributed by atoms with Crippen LogP contribution >= 0.6 is 0 Å². The Morgan fingerprint density at radius 3 is 2.11 bits per heavy atom. The van der Waals surface area contributed by atoms with Crippen LogP contribution < -0.4 is 0 Å². The Labute approximate surface area is 109 Å². The first-order valence-electron chi connectivity index (χ1n) is 6.04. The predicted molar refractivity (Wildman–Crippen MR) is 74.4 cm³/mol. The van der Waals surface area contributed by atoms with Gasteiger partial charge in [0.05, 0.1) is 4.90 Å². The third-order valence-electron chi connectivity index (χ3n) is 2.79. The lowest BCUT2D eigenvalue weighted by molar-refractivity contribution is 0.463. The van der Waals surface area contributed by atoms with E-state index >= 15 is 0 Å². The Morgan fingerprint density at radius 2 is 1.67 bits per heavy atom. The Morgan fingerprint density at radius 1 is 1.17 bits per heavy atom. The minimum absolute atomic E-state index is 0.236. The minimum Gasteiger partial charge on any atom is -0.360 e. The smallest absolute Gasteiger partial charge is 0.283 e. The normalized spacial score (nSPS) is 12.6. The van der Waals surface area contributed by atoms with Gasteiger partial charge in [-0.2, -0.15) is 8.42 Å². The lowest BCUT2D eigenvalue weighted by atomic mass is 10.2. The maximum absolute atomic E-state index is 12.1. The molecule has 0 unspecified atom stereocenters. The van der Waals surface area contributed by atoms with Crippen LogP contribution in [0.4, 0.5) is 0 Å². The Kier molecular flexibility index (Phi) is 4.90. The minimum atomic E-state index is -3.60. The second-order valence-electron chi connectivity index (χ2n) is 4.10. The summed E-state index contributed by atoms with van der Waals surface area (Å²) in [6.45, 7) is 9.08. The van der Waals surface area contributed by atoms with E-state index in [0.717, 1.165) is 18.7 Å². The van der Waals surface area contributed by atoms with Crippen LogP contribution in [0.25, 0.3) is 0 Å². The molecule has 1 rings (SSSR count). The second-order valence-corrected chi connectivity index (χ2v) is 5.70. The lowest BCUT2D eigenvalue weighted by Crippen LogP contribution is -2.29. The average Bonchev–Trinajstić information content (AvgIpc) is 2.30. The fraction of sp³-hybridized carbons (Fsp3) is 0.462. The highest BCUT2D eigenvalue weighted by atomic mass is 32.2. The summed E-state index contributed by atoms with van der Waals surface area (Å²) in [5.74, 6) is 0.528. The van der Waals surface area contributed by atoms with Gasteiger partial charge in [-0.25, -0.2) is 0 Å². The van der Waals surface area contributed by atoms with Gasteiger partial charge < -0.3 is 4.90 Å². The predicted octanol–water partition coefficient (Wildman–Crippen LogP) is 2.44. The van der Waals surface area contributed by atoms with E-state index in [1.807, 2.05) is 25.7 Å². The molecule has 0 aliphatic carbocycles. The van der Waals surface area contributed by atoms with Gasteiger partial charge in [0.2, 0.25) is 0 Å². The van der Waals surface area contributed by atoms with Crippen LogP contribution in [0.1, 0.15) is 26.3 Å². The number of benzene rings is 1. The van der Waals surface area contributed by atoms with E-state index in [4.69, 9.17) is 0 Å². The fourth-order valence-electron chi connectivity index (χ4n) is 1.68. The molecule has 0 radical (unpaired) electrons. The van der Waals surface area contributed by atoms with E-state index in [1.165, 1.54) is 0 Å². The Bertz CT molecular complexity index is 514. The summed E-state index contributed by atoms with van der Waals surface area (Å²) in [5.41, 5.74) is 1.03. The third-order valence-corrected chi connectivity index (χ3v) is 4.16. The molecule has 100 valence electrons. The lowest BCUT2D eigenvalue weighted by Gasteiger charge is -2.19. The molecule has 0 spiro atoms. The van der Waals surface area contributed by atoms with Crippen LogP contribution in [-0.4, -0.2) is 32.2 Å². The van der Waals surface area contributed by atoms with Gasteiger partial charge in [0.25, 0.3) is 10.0 Å². The number of hydrogen-bond acceptors (Lipinski definition) is 2. The first kappa shape index (κ1) is 14.7. The maximum Gasteiger partial charge on any atom is 0.283 e. The molecule has 1 aromatic rings. The van der Waals surface area contributed by atoms with Crippen molar-refractivity contribution in [1.82, 2.24) is 4.90 Å². The molecule has 5 heteroatoms. The summed E-state index contributed by atoms with van der Waals surface area (Å²) < 4.78 is 28.0. The van der Waals surface area contributed by atoms with E-state index in [2.05, 4.69) is 4.40 Å². The zero-order valence-corrected chi connectivity index (χ0v) is 12.2. The topological polar surface area (TPSA) is 49.7 Å². The van der Waals surface area contributed by atoms with Crippen molar-refractivity contribution in [3.05, 3.63) is 29.8 Å². The van der Waals surface area contributed by atoms with Crippen molar-refractivity contribution < 1.29 is 8.42 Å². The molecular formula is C13H20N2O2S.